The Morgan fingerprint density at radius 2 is 1.17 bits per heavy atom. The molecule has 1 aliphatic heterocycles. The van der Waals surface area contributed by atoms with Gasteiger partial charge in [-0.2, -0.15) is 0 Å². The third-order valence-corrected chi connectivity index (χ3v) is 11.9. The van der Waals surface area contributed by atoms with Gasteiger partial charge in [-0.25, -0.2) is 47.1 Å². The van der Waals surface area contributed by atoms with Gasteiger partial charge in [0.2, 0.25) is 22.6 Å². The van der Waals surface area contributed by atoms with Gasteiger partial charge >= 0.3 is 23.6 Å². The van der Waals surface area contributed by atoms with E-state index < -0.39 is 121 Å². The van der Waals surface area contributed by atoms with Crippen molar-refractivity contribution in [1.82, 2.24) is 19.9 Å². The number of carbonyl (C=O) groups excluding carboxylic acids is 2. The zero-order valence-electron chi connectivity index (χ0n) is 40.2. The molecule has 8 rings (SSSR count). The summed E-state index contributed by atoms with van der Waals surface area (Å²) in [5, 5.41) is 37.3. The molecule has 2 N–H and O–H groups in total. The van der Waals surface area contributed by atoms with Crippen LogP contribution in [0.15, 0.2) is 36.4 Å². The lowest BCUT2D eigenvalue weighted by molar-refractivity contribution is -0.384. The van der Waals surface area contributed by atoms with Crippen LogP contribution in [0.4, 0.5) is 56.0 Å². The normalized spacial score (nSPS) is 23.9. The van der Waals surface area contributed by atoms with Crippen LogP contribution in [0.1, 0.15) is 109 Å². The first-order valence-electron chi connectivity index (χ1n) is 22.4. The average molecular weight is 1020 g/mol. The number of rotatable bonds is 10. The number of aliphatic hydroxyl groups is 1. The van der Waals surface area contributed by atoms with Gasteiger partial charge in [0.1, 0.15) is 35.1 Å². The van der Waals surface area contributed by atoms with Crippen LogP contribution in [0.5, 0.6) is 0 Å². The predicted octanol–water partition coefficient (Wildman–Crippen LogP) is 9.26. The number of nitrogens with zero attached hydrogens (tertiary/aromatic N) is 8. The molecule has 8 atom stereocenters. The molecule has 0 bridgehead atoms. The Kier molecular flexibility index (Phi) is 14.3. The molecule has 1 saturated heterocycles. The standard InChI is InChI=1S/C27H33F2N5O7.C19H19ClF2N4O4/c1-12-30-23(32-17-11-19(35)22-21(17)39-27(5,6)40-22)20(34(37)38)24(31-12)33(25(36)41-26(2,3)4)18-10-14(18)13-7-8-15(28)16(29)9-13;1-9-23-16(20)15(26(28)29)17(24-9)25(18(27)30-19(2,3)4)14-8-11(14)10-5-6-12(21)13(22)7-10/h7-9,14,17-19,21-22,35H,10-11H2,1-6H3,(H,30,31,32);5-7,11,14H,8H2,1-4H3/t14-,17+,18+,19-,21-,22+;11-,14+/m00/s1. The van der Waals surface area contributed by atoms with E-state index in [0.29, 0.717) is 24.0 Å². The highest BCUT2D eigenvalue weighted by molar-refractivity contribution is 6.32. The molecule has 20 nitrogen and oxygen atoms in total. The quantitative estimate of drug-likeness (QED) is 0.0650. The fourth-order valence-electron chi connectivity index (χ4n) is 8.62. The first-order valence-corrected chi connectivity index (χ1v) is 22.8. The number of amides is 2. The monoisotopic (exact) mass is 1020 g/mol. The summed E-state index contributed by atoms with van der Waals surface area (Å²) in [7, 11) is 0. The van der Waals surface area contributed by atoms with Crippen molar-refractivity contribution in [3.63, 3.8) is 0 Å². The van der Waals surface area contributed by atoms with Crippen molar-refractivity contribution in [2.75, 3.05) is 15.1 Å². The van der Waals surface area contributed by atoms with Crippen molar-refractivity contribution in [1.29, 1.82) is 0 Å². The minimum atomic E-state index is -1.04. The summed E-state index contributed by atoms with van der Waals surface area (Å²) in [6.45, 7) is 16.3. The second-order valence-corrected chi connectivity index (χ2v) is 20.4. The van der Waals surface area contributed by atoms with Crippen LogP contribution in [0.2, 0.25) is 5.15 Å². The fraction of sp³-hybridized carbons (Fsp3) is 0.522. The molecular formula is C46H52ClF4N9O11. The predicted molar refractivity (Wildman–Crippen MR) is 246 cm³/mol. The van der Waals surface area contributed by atoms with Crippen molar-refractivity contribution < 1.29 is 61.1 Å². The maximum absolute atomic E-state index is 14.0. The molecule has 382 valence electrons. The molecule has 3 saturated carbocycles. The Hall–Kier alpha value is -6.37. The van der Waals surface area contributed by atoms with E-state index in [9.17, 15) is 52.5 Å². The first kappa shape index (κ1) is 52.5. The lowest BCUT2D eigenvalue weighted by Crippen LogP contribution is -2.40. The SMILES string of the molecule is Cc1nc(Cl)c([N+](=O)[O-])c(N(C(=O)OC(C)(C)C)[C@@H]2C[C@H]2c2ccc(F)c(F)c2)n1.Cc1nc(N[C@@H]2C[C@H](O)[C@H]3OC(C)(C)O[C@H]32)c([N+](=O)[O-])c(N(C(=O)OC(C)(C)C)[C@@H]2C[C@H]2c2ccc(F)c(F)c2)n1. The van der Waals surface area contributed by atoms with Crippen molar-refractivity contribution in [3.8, 4) is 0 Å². The van der Waals surface area contributed by atoms with E-state index in [4.69, 9.17) is 30.5 Å². The van der Waals surface area contributed by atoms with Gasteiger partial charge in [0.05, 0.1) is 22.0 Å². The maximum Gasteiger partial charge on any atom is 0.416 e. The number of aromatic nitrogens is 4. The Labute approximate surface area is 409 Å². The number of aliphatic hydroxyl groups excluding tert-OH is 1. The number of aryl methyl sites for hydroxylation is 2. The summed E-state index contributed by atoms with van der Waals surface area (Å²) < 4.78 is 77.3. The summed E-state index contributed by atoms with van der Waals surface area (Å²) in [5.74, 6) is -6.35. The zero-order valence-corrected chi connectivity index (χ0v) is 41.0. The van der Waals surface area contributed by atoms with Gasteiger partial charge in [-0.1, -0.05) is 23.7 Å². The molecule has 4 fully saturated rings. The minimum absolute atomic E-state index is 0.124. The third kappa shape index (κ3) is 11.7. The van der Waals surface area contributed by atoms with Crippen LogP contribution < -0.4 is 15.1 Å². The largest absolute Gasteiger partial charge is 0.443 e. The number of hydrogen-bond acceptors (Lipinski definition) is 16. The summed E-state index contributed by atoms with van der Waals surface area (Å²) >= 11 is 5.97. The van der Waals surface area contributed by atoms with Crippen LogP contribution in [-0.4, -0.2) is 101 Å². The lowest BCUT2D eigenvalue weighted by Gasteiger charge is -2.28. The molecule has 71 heavy (non-hydrogen) atoms. The molecule has 2 amide bonds. The molecule has 0 spiro atoms. The number of benzene rings is 2. The van der Waals surface area contributed by atoms with Gasteiger partial charge < -0.3 is 29.4 Å². The van der Waals surface area contributed by atoms with Gasteiger partial charge in [0.25, 0.3) is 0 Å². The molecule has 25 heteroatoms. The van der Waals surface area contributed by atoms with Gasteiger partial charge in [-0.3, -0.25) is 30.0 Å². The molecule has 4 aromatic rings. The Morgan fingerprint density at radius 1 is 0.732 bits per heavy atom. The lowest BCUT2D eigenvalue weighted by atomic mass is 10.1. The zero-order chi connectivity index (χ0) is 52.4. The van der Waals surface area contributed by atoms with E-state index in [2.05, 4.69) is 25.3 Å². The van der Waals surface area contributed by atoms with Crippen molar-refractivity contribution in [2.45, 2.75) is 154 Å². The van der Waals surface area contributed by atoms with E-state index in [1.165, 1.54) is 26.0 Å². The van der Waals surface area contributed by atoms with Gasteiger partial charge in [-0.05, 0) is 124 Å². The summed E-state index contributed by atoms with van der Waals surface area (Å²) in [5.41, 5.74) is -2.16. The molecule has 2 aromatic heterocycles. The summed E-state index contributed by atoms with van der Waals surface area (Å²) in [6.07, 6.45) is -3.03. The highest BCUT2D eigenvalue weighted by atomic mass is 35.5. The van der Waals surface area contributed by atoms with Crippen molar-refractivity contribution >= 4 is 52.6 Å². The molecule has 3 aliphatic carbocycles. The van der Waals surface area contributed by atoms with Crippen LogP contribution in [0, 0.1) is 57.3 Å². The van der Waals surface area contributed by atoms with Gasteiger partial charge in [-0.15, -0.1) is 0 Å². The van der Waals surface area contributed by atoms with E-state index in [0.717, 1.165) is 34.1 Å². The number of nitrogens with one attached hydrogen (secondary N) is 1. The number of halogens is 5. The molecule has 0 radical (unpaired) electrons. The van der Waals surface area contributed by atoms with Crippen LogP contribution in [0.3, 0.4) is 0 Å². The highest BCUT2D eigenvalue weighted by Gasteiger charge is 2.55. The maximum atomic E-state index is 14.0. The number of fused-ring (bicyclic) bond motifs is 1. The molecule has 0 unspecified atom stereocenters. The fourth-order valence-corrected chi connectivity index (χ4v) is 8.90. The number of nitro groups is 2. The molecule has 2 aromatic carbocycles. The molecular weight excluding hydrogens is 966 g/mol. The second-order valence-electron chi connectivity index (χ2n) is 20.0. The topological polar surface area (TPSA) is 248 Å². The Balaban J connectivity index is 0.000000219. The second kappa shape index (κ2) is 19.3. The third-order valence-electron chi connectivity index (χ3n) is 11.6. The number of hydrogen-bond donors (Lipinski definition) is 2. The minimum Gasteiger partial charge on any atom is -0.443 e. The molecule has 4 aliphatic rings. The average Bonchev–Trinajstić information content (AvgIpc) is 4.13. The Morgan fingerprint density at radius 3 is 1.61 bits per heavy atom. The van der Waals surface area contributed by atoms with E-state index in [1.807, 2.05) is 0 Å². The highest BCUT2D eigenvalue weighted by Crippen LogP contribution is 2.51. The van der Waals surface area contributed by atoms with Crippen molar-refractivity contribution in [2.24, 2.45) is 0 Å². The number of anilines is 3. The van der Waals surface area contributed by atoms with Gasteiger partial charge in [0, 0.05) is 23.9 Å². The summed E-state index contributed by atoms with van der Waals surface area (Å²) in [4.78, 5) is 67.8. The van der Waals surface area contributed by atoms with Crippen LogP contribution in [0.25, 0.3) is 0 Å². The van der Waals surface area contributed by atoms with E-state index >= 15 is 0 Å². The summed E-state index contributed by atoms with van der Waals surface area (Å²) in [6, 6.07) is 5.01. The van der Waals surface area contributed by atoms with Crippen LogP contribution >= 0.6 is 11.6 Å². The smallest absolute Gasteiger partial charge is 0.416 e. The number of ether oxygens (including phenoxy) is 4. The van der Waals surface area contributed by atoms with Crippen LogP contribution in [-0.2, 0) is 18.9 Å². The van der Waals surface area contributed by atoms with Gasteiger partial charge in [0.15, 0.2) is 29.1 Å². The van der Waals surface area contributed by atoms with Crippen molar-refractivity contribution in [3.05, 3.63) is 108 Å². The van der Waals surface area contributed by atoms with E-state index in [-0.39, 0.29) is 41.4 Å². The van der Waals surface area contributed by atoms with E-state index in [1.54, 1.807) is 55.4 Å². The molecule has 3 heterocycles. The Bertz CT molecular complexity index is 2780. The first-order chi connectivity index (χ1) is 32.9. The number of carbonyl (C=O) groups is 2.